The second-order valence-corrected chi connectivity index (χ2v) is 6.68. The van der Waals surface area contributed by atoms with Gasteiger partial charge in [-0.1, -0.05) is 17.7 Å². The molecule has 160 valence electrons. The van der Waals surface area contributed by atoms with Crippen LogP contribution in [0.4, 0.5) is 22.0 Å². The number of aromatic nitrogens is 3. The number of alkyl halides is 5. The van der Waals surface area contributed by atoms with Crippen molar-refractivity contribution in [3.8, 4) is 11.3 Å². The molecule has 0 saturated carbocycles. The molecule has 0 atom stereocenters. The lowest BCUT2D eigenvalue weighted by Gasteiger charge is -2.19. The van der Waals surface area contributed by atoms with Crippen LogP contribution >= 0.6 is 11.6 Å². The molecule has 3 rings (SSSR count). The molecule has 0 radical (unpaired) electrons. The van der Waals surface area contributed by atoms with E-state index >= 15 is 0 Å². The standard InChI is InChI=1S/C18H13ClF5N3O3/c1-3-30-16(29)13-12(17(20,21)18(22,23)24)14-15(28)25-11(7-27(14)26-13)9-4-5-10(19)8(2)6-9/h4-7H,3H2,1-2H3,(H,25,28). The first kappa shape index (κ1) is 21.8. The van der Waals surface area contributed by atoms with Gasteiger partial charge in [0.1, 0.15) is 5.52 Å². The molecule has 0 spiro atoms. The lowest BCUT2D eigenvalue weighted by Crippen LogP contribution is -2.36. The number of hydrogen-bond acceptors (Lipinski definition) is 4. The predicted octanol–water partition coefficient (Wildman–Crippen LogP) is 4.48. The van der Waals surface area contributed by atoms with Crippen LogP contribution in [0.3, 0.4) is 0 Å². The molecule has 0 bridgehead atoms. The summed E-state index contributed by atoms with van der Waals surface area (Å²) in [6.07, 6.45) is -5.05. The van der Waals surface area contributed by atoms with Gasteiger partial charge in [0.05, 0.1) is 24.1 Å². The molecule has 30 heavy (non-hydrogen) atoms. The Balaban J connectivity index is 2.34. The van der Waals surface area contributed by atoms with Crippen LogP contribution in [0, 0.1) is 6.92 Å². The van der Waals surface area contributed by atoms with E-state index in [1.165, 1.54) is 19.1 Å². The highest BCUT2D eigenvalue weighted by Gasteiger charge is 2.62. The quantitative estimate of drug-likeness (QED) is 0.470. The highest BCUT2D eigenvalue weighted by Crippen LogP contribution is 2.46. The van der Waals surface area contributed by atoms with Gasteiger partial charge in [0.15, 0.2) is 5.69 Å². The highest BCUT2D eigenvalue weighted by atomic mass is 35.5. The average molecular weight is 450 g/mol. The molecular formula is C18H13ClF5N3O3. The van der Waals surface area contributed by atoms with Crippen LogP contribution in [0.15, 0.2) is 29.2 Å². The van der Waals surface area contributed by atoms with Crippen molar-refractivity contribution in [1.29, 1.82) is 0 Å². The van der Waals surface area contributed by atoms with Crippen molar-refractivity contribution in [1.82, 2.24) is 14.6 Å². The molecule has 0 amide bonds. The van der Waals surface area contributed by atoms with E-state index < -0.39 is 40.4 Å². The maximum Gasteiger partial charge on any atom is 0.458 e. The molecule has 2 aromatic heterocycles. The second kappa shape index (κ2) is 7.38. The fourth-order valence-electron chi connectivity index (χ4n) is 2.82. The summed E-state index contributed by atoms with van der Waals surface area (Å²) in [6.45, 7) is 2.72. The molecule has 1 aromatic carbocycles. The van der Waals surface area contributed by atoms with Crippen molar-refractivity contribution < 1.29 is 31.5 Å². The van der Waals surface area contributed by atoms with E-state index in [9.17, 15) is 31.5 Å². The van der Waals surface area contributed by atoms with E-state index in [2.05, 4.69) is 14.8 Å². The van der Waals surface area contributed by atoms with Gasteiger partial charge in [0, 0.05) is 5.02 Å². The van der Waals surface area contributed by atoms with Gasteiger partial charge in [0.25, 0.3) is 5.56 Å². The number of H-pyrrole nitrogens is 1. The number of nitrogens with zero attached hydrogens (tertiary/aromatic N) is 2. The van der Waals surface area contributed by atoms with Crippen LogP contribution in [-0.2, 0) is 10.7 Å². The van der Waals surface area contributed by atoms with Gasteiger partial charge < -0.3 is 9.72 Å². The predicted molar refractivity (Wildman–Crippen MR) is 96.9 cm³/mol. The summed E-state index contributed by atoms with van der Waals surface area (Å²) in [6, 6.07) is 4.60. The Kier molecular flexibility index (Phi) is 5.35. The molecule has 0 saturated heterocycles. The number of benzene rings is 1. The minimum absolute atomic E-state index is 0.0621. The minimum atomic E-state index is -6.07. The van der Waals surface area contributed by atoms with Crippen LogP contribution in [0.2, 0.25) is 5.02 Å². The number of carbonyl (C=O) groups excluding carboxylic acids is 1. The van der Waals surface area contributed by atoms with E-state index in [-0.39, 0.29) is 12.3 Å². The fourth-order valence-corrected chi connectivity index (χ4v) is 2.94. The third kappa shape index (κ3) is 3.53. The summed E-state index contributed by atoms with van der Waals surface area (Å²) >= 11 is 5.95. The Labute approximate surface area is 170 Å². The second-order valence-electron chi connectivity index (χ2n) is 6.27. The van der Waals surface area contributed by atoms with E-state index in [1.54, 1.807) is 13.0 Å². The van der Waals surface area contributed by atoms with Crippen molar-refractivity contribution in [3.05, 3.63) is 56.6 Å². The normalized spacial score (nSPS) is 12.4. The number of rotatable bonds is 4. The molecule has 0 fully saturated rings. The van der Waals surface area contributed by atoms with Crippen LogP contribution in [-0.4, -0.2) is 33.4 Å². The average Bonchev–Trinajstić information content (AvgIpc) is 3.04. The Morgan fingerprint density at radius 1 is 1.27 bits per heavy atom. The van der Waals surface area contributed by atoms with Crippen LogP contribution in [0.1, 0.15) is 28.5 Å². The van der Waals surface area contributed by atoms with Crippen molar-refractivity contribution in [2.24, 2.45) is 0 Å². The maximum absolute atomic E-state index is 14.2. The van der Waals surface area contributed by atoms with E-state index in [0.717, 1.165) is 6.20 Å². The number of hydrogen-bond donors (Lipinski definition) is 1. The molecule has 3 aromatic rings. The smallest absolute Gasteiger partial charge is 0.458 e. The van der Waals surface area contributed by atoms with Crippen LogP contribution < -0.4 is 5.56 Å². The van der Waals surface area contributed by atoms with Gasteiger partial charge >= 0.3 is 18.1 Å². The number of fused-ring (bicyclic) bond motifs is 1. The number of nitrogens with one attached hydrogen (secondary N) is 1. The van der Waals surface area contributed by atoms with Gasteiger partial charge in [-0.3, -0.25) is 4.79 Å². The molecule has 0 unspecified atom stereocenters. The highest BCUT2D eigenvalue weighted by molar-refractivity contribution is 6.31. The zero-order chi connectivity index (χ0) is 22.4. The lowest BCUT2D eigenvalue weighted by atomic mass is 10.1. The summed E-state index contributed by atoms with van der Waals surface area (Å²) in [5.41, 5.74) is -4.48. The number of halogens is 6. The van der Waals surface area contributed by atoms with Crippen molar-refractivity contribution >= 4 is 23.1 Å². The molecular weight excluding hydrogens is 437 g/mol. The van der Waals surface area contributed by atoms with E-state index in [1.807, 2.05) is 0 Å². The van der Waals surface area contributed by atoms with Crippen molar-refractivity contribution in [3.63, 3.8) is 0 Å². The Bertz CT molecular complexity index is 1200. The molecule has 12 heteroatoms. The van der Waals surface area contributed by atoms with E-state index in [4.69, 9.17) is 11.6 Å². The van der Waals surface area contributed by atoms with E-state index in [0.29, 0.717) is 20.7 Å². The summed E-state index contributed by atoms with van der Waals surface area (Å²) in [5.74, 6) is -7.04. The Morgan fingerprint density at radius 3 is 2.50 bits per heavy atom. The largest absolute Gasteiger partial charge is 0.461 e. The molecule has 0 aliphatic rings. The molecule has 2 heterocycles. The third-order valence-electron chi connectivity index (χ3n) is 4.23. The minimum Gasteiger partial charge on any atom is -0.461 e. The summed E-state index contributed by atoms with van der Waals surface area (Å²) in [4.78, 5) is 26.8. The zero-order valence-corrected chi connectivity index (χ0v) is 16.2. The van der Waals surface area contributed by atoms with Crippen molar-refractivity contribution in [2.75, 3.05) is 6.61 Å². The first-order valence-electron chi connectivity index (χ1n) is 8.42. The third-order valence-corrected chi connectivity index (χ3v) is 4.66. The Morgan fingerprint density at radius 2 is 1.93 bits per heavy atom. The first-order valence-corrected chi connectivity index (χ1v) is 8.80. The number of carbonyl (C=O) groups is 1. The number of ether oxygens (including phenoxy) is 1. The summed E-state index contributed by atoms with van der Waals surface area (Å²) < 4.78 is 72.7. The van der Waals surface area contributed by atoms with Crippen LogP contribution in [0.5, 0.6) is 0 Å². The summed E-state index contributed by atoms with van der Waals surface area (Å²) in [5, 5.41) is 3.94. The van der Waals surface area contributed by atoms with Crippen LogP contribution in [0.25, 0.3) is 16.8 Å². The van der Waals surface area contributed by atoms with Crippen molar-refractivity contribution in [2.45, 2.75) is 25.9 Å². The molecule has 6 nitrogen and oxygen atoms in total. The van der Waals surface area contributed by atoms with Gasteiger partial charge in [-0.2, -0.15) is 27.1 Å². The lowest BCUT2D eigenvalue weighted by molar-refractivity contribution is -0.288. The topological polar surface area (TPSA) is 76.5 Å². The molecule has 0 aliphatic heterocycles. The van der Waals surface area contributed by atoms with Gasteiger partial charge in [-0.25, -0.2) is 9.31 Å². The molecule has 0 aliphatic carbocycles. The Hall–Kier alpha value is -2.95. The zero-order valence-electron chi connectivity index (χ0n) is 15.4. The fraction of sp³-hybridized carbons (Fsp3) is 0.278. The molecule has 1 N–H and O–H groups in total. The maximum atomic E-state index is 14.2. The SMILES string of the molecule is CCOC(=O)c1nn2cc(-c3ccc(Cl)c(C)c3)[nH]c(=O)c2c1C(F)(F)C(F)(F)F. The number of esters is 1. The number of aryl methyl sites for hydroxylation is 1. The first-order chi connectivity index (χ1) is 13.9. The monoisotopic (exact) mass is 449 g/mol. The van der Waals surface area contributed by atoms with Gasteiger partial charge in [-0.05, 0) is 37.1 Å². The summed E-state index contributed by atoms with van der Waals surface area (Å²) in [7, 11) is 0. The van der Waals surface area contributed by atoms with Gasteiger partial charge in [0.2, 0.25) is 0 Å². The van der Waals surface area contributed by atoms with Gasteiger partial charge in [-0.15, -0.1) is 0 Å². The number of aromatic amines is 1.